The van der Waals surface area contributed by atoms with Crippen LogP contribution in [0.2, 0.25) is 0 Å². The molecule has 0 saturated carbocycles. The smallest absolute Gasteiger partial charge is 0.272 e. The highest BCUT2D eigenvalue weighted by atomic mass is 16.5. The number of likely N-dealkylation sites (tertiary alicyclic amines) is 1. The fourth-order valence-electron chi connectivity index (χ4n) is 3.95. The van der Waals surface area contributed by atoms with Crippen LogP contribution in [0.3, 0.4) is 0 Å². The van der Waals surface area contributed by atoms with Gasteiger partial charge in [0.15, 0.2) is 0 Å². The molecule has 2 aliphatic rings. The largest absolute Gasteiger partial charge is 0.384 e. The first kappa shape index (κ1) is 19.3. The van der Waals surface area contributed by atoms with Crippen molar-refractivity contribution < 1.29 is 14.6 Å². The molecule has 0 aromatic carbocycles. The van der Waals surface area contributed by atoms with E-state index in [0.717, 1.165) is 25.2 Å². The molecule has 0 aliphatic carbocycles. The summed E-state index contributed by atoms with van der Waals surface area (Å²) in [5.41, 5.74) is 0.492. The Hall–Kier alpha value is -1.44. The van der Waals surface area contributed by atoms with Gasteiger partial charge in [0.1, 0.15) is 11.3 Å². The van der Waals surface area contributed by atoms with Gasteiger partial charge in [0.05, 0.1) is 25.5 Å². The van der Waals surface area contributed by atoms with Gasteiger partial charge >= 0.3 is 0 Å². The third-order valence-corrected chi connectivity index (χ3v) is 5.13. The number of rotatable bonds is 5. The lowest BCUT2D eigenvalue weighted by Gasteiger charge is -2.33. The summed E-state index contributed by atoms with van der Waals surface area (Å²) in [5.74, 6) is 0.408. The summed E-state index contributed by atoms with van der Waals surface area (Å²) in [5, 5.41) is 15.6. The number of β-amino-alcohol motifs (C(OH)–C–C–N with tert-alkyl or cyclic N) is 1. The fraction of sp³-hybridized carbons (Fsp3) is 0.789. The maximum Gasteiger partial charge on any atom is 0.272 e. The van der Waals surface area contributed by atoms with E-state index in [2.05, 4.69) is 23.8 Å². The lowest BCUT2D eigenvalue weighted by Crippen LogP contribution is -2.53. The highest BCUT2D eigenvalue weighted by Crippen LogP contribution is 2.20. The van der Waals surface area contributed by atoms with E-state index in [1.165, 1.54) is 12.8 Å². The van der Waals surface area contributed by atoms with Crippen molar-refractivity contribution >= 4 is 5.91 Å². The summed E-state index contributed by atoms with van der Waals surface area (Å²) in [6.45, 7) is 8.37. The number of hydrogen-bond acceptors (Lipinski definition) is 5. The van der Waals surface area contributed by atoms with Gasteiger partial charge in [-0.3, -0.25) is 9.48 Å². The van der Waals surface area contributed by atoms with Crippen LogP contribution in [-0.2, 0) is 18.2 Å². The molecule has 0 radical (unpaired) electrons. The van der Waals surface area contributed by atoms with E-state index >= 15 is 0 Å². The summed E-state index contributed by atoms with van der Waals surface area (Å²) >= 11 is 0. The second-order valence-corrected chi connectivity index (χ2v) is 8.23. The van der Waals surface area contributed by atoms with Crippen LogP contribution in [0.1, 0.15) is 42.9 Å². The Labute approximate surface area is 155 Å². The molecule has 7 nitrogen and oxygen atoms in total. The van der Waals surface area contributed by atoms with Gasteiger partial charge in [-0.15, -0.1) is 0 Å². The first-order valence-corrected chi connectivity index (χ1v) is 9.71. The van der Waals surface area contributed by atoms with Crippen molar-refractivity contribution in [3.05, 3.63) is 17.5 Å². The molecule has 2 aliphatic heterocycles. The Morgan fingerprint density at radius 1 is 1.35 bits per heavy atom. The molecule has 7 heteroatoms. The summed E-state index contributed by atoms with van der Waals surface area (Å²) in [7, 11) is 1.81. The first-order valence-electron chi connectivity index (χ1n) is 9.71. The van der Waals surface area contributed by atoms with Gasteiger partial charge in [-0.25, -0.2) is 0 Å². The lowest BCUT2D eigenvalue weighted by molar-refractivity contribution is -0.0525. The zero-order valence-corrected chi connectivity index (χ0v) is 16.3. The van der Waals surface area contributed by atoms with E-state index in [1.54, 1.807) is 9.58 Å². The van der Waals surface area contributed by atoms with Crippen molar-refractivity contribution in [2.24, 2.45) is 13.0 Å². The van der Waals surface area contributed by atoms with E-state index < -0.39 is 5.60 Å². The minimum absolute atomic E-state index is 0.0830. The Balaban J connectivity index is 1.72. The molecule has 2 saturated heterocycles. The number of hydrogen-bond donors (Lipinski definition) is 1. The summed E-state index contributed by atoms with van der Waals surface area (Å²) in [4.78, 5) is 17.1. The molecule has 1 aromatic heterocycles. The van der Waals surface area contributed by atoms with Crippen LogP contribution < -0.4 is 0 Å². The molecule has 1 amide bonds. The number of amides is 1. The van der Waals surface area contributed by atoms with E-state index in [9.17, 15) is 9.90 Å². The van der Waals surface area contributed by atoms with Crippen molar-refractivity contribution in [3.63, 3.8) is 0 Å². The minimum atomic E-state index is -1.02. The Bertz CT molecular complexity index is 624. The quantitative estimate of drug-likeness (QED) is 0.841. The van der Waals surface area contributed by atoms with Gasteiger partial charge in [0.2, 0.25) is 0 Å². The van der Waals surface area contributed by atoms with Crippen molar-refractivity contribution in [1.82, 2.24) is 19.6 Å². The summed E-state index contributed by atoms with van der Waals surface area (Å²) < 4.78 is 7.29. The van der Waals surface area contributed by atoms with Crippen LogP contribution in [0.25, 0.3) is 0 Å². The number of carbonyl (C=O) groups excluding carboxylic acids is 1. The van der Waals surface area contributed by atoms with Crippen LogP contribution in [0.15, 0.2) is 6.07 Å². The molecule has 1 N–H and O–H groups in total. The van der Waals surface area contributed by atoms with Gasteiger partial charge in [0.25, 0.3) is 5.91 Å². The second-order valence-electron chi connectivity index (χ2n) is 8.23. The van der Waals surface area contributed by atoms with E-state index in [1.807, 2.05) is 13.1 Å². The topological polar surface area (TPSA) is 70.8 Å². The molecule has 0 spiro atoms. The number of aryl methyl sites for hydroxylation is 1. The number of nitrogens with zero attached hydrogens (tertiary/aromatic N) is 4. The molecule has 3 heterocycles. The zero-order valence-electron chi connectivity index (χ0n) is 16.3. The van der Waals surface area contributed by atoms with E-state index in [4.69, 9.17) is 4.74 Å². The van der Waals surface area contributed by atoms with Gasteiger partial charge in [-0.1, -0.05) is 13.8 Å². The van der Waals surface area contributed by atoms with Crippen molar-refractivity contribution in [2.45, 2.75) is 38.7 Å². The highest BCUT2D eigenvalue weighted by molar-refractivity contribution is 5.92. The van der Waals surface area contributed by atoms with Crippen LogP contribution in [0.5, 0.6) is 0 Å². The van der Waals surface area contributed by atoms with Crippen molar-refractivity contribution in [2.75, 3.05) is 45.9 Å². The number of aliphatic hydroxyl groups is 1. The maximum atomic E-state index is 13.1. The third-order valence-electron chi connectivity index (χ3n) is 5.13. The predicted molar refractivity (Wildman–Crippen MR) is 99.1 cm³/mol. The zero-order chi connectivity index (χ0) is 18.7. The predicted octanol–water partition coefficient (Wildman–Crippen LogP) is 0.918. The van der Waals surface area contributed by atoms with Crippen LogP contribution in [0.4, 0.5) is 0 Å². The van der Waals surface area contributed by atoms with Crippen molar-refractivity contribution in [1.29, 1.82) is 0 Å². The molecule has 146 valence electrons. The summed E-state index contributed by atoms with van der Waals surface area (Å²) in [6.07, 6.45) is 3.20. The number of aromatic nitrogens is 2. The third kappa shape index (κ3) is 4.64. The minimum Gasteiger partial charge on any atom is -0.384 e. The lowest BCUT2D eigenvalue weighted by atomic mass is 10.0. The summed E-state index contributed by atoms with van der Waals surface area (Å²) in [6, 6.07) is 1.88. The van der Waals surface area contributed by atoms with Crippen molar-refractivity contribution in [3.8, 4) is 0 Å². The number of carbonyl (C=O) groups is 1. The Kier molecular flexibility index (Phi) is 5.99. The first-order chi connectivity index (χ1) is 12.4. The maximum absolute atomic E-state index is 13.1. The normalized spacial score (nSPS) is 25.0. The molecule has 1 aromatic rings. The fourth-order valence-corrected chi connectivity index (χ4v) is 3.95. The van der Waals surface area contributed by atoms with E-state index in [0.29, 0.717) is 37.9 Å². The SMILES string of the molecule is CC(C)Cc1cc(C(=O)N2CCOCC(O)(CN3CCCC3)C2)n(C)n1. The van der Waals surface area contributed by atoms with Gasteiger partial charge in [0, 0.05) is 20.1 Å². The molecule has 1 atom stereocenters. The molecule has 3 rings (SSSR count). The molecule has 1 unspecified atom stereocenters. The van der Waals surface area contributed by atoms with Gasteiger partial charge in [-0.2, -0.15) is 5.10 Å². The highest BCUT2D eigenvalue weighted by Gasteiger charge is 2.37. The average molecular weight is 364 g/mol. The molecule has 26 heavy (non-hydrogen) atoms. The Morgan fingerprint density at radius 3 is 2.77 bits per heavy atom. The van der Waals surface area contributed by atoms with Gasteiger partial charge in [-0.05, 0) is 44.3 Å². The molecule has 2 fully saturated rings. The van der Waals surface area contributed by atoms with Crippen LogP contribution in [0, 0.1) is 5.92 Å². The Morgan fingerprint density at radius 2 is 2.08 bits per heavy atom. The monoisotopic (exact) mass is 364 g/mol. The second kappa shape index (κ2) is 8.06. The van der Waals surface area contributed by atoms with E-state index in [-0.39, 0.29) is 12.5 Å². The number of ether oxygens (including phenoxy) is 1. The standard InChI is InChI=1S/C19H32N4O3/c1-15(2)10-16-11-17(21(3)20-16)18(24)23-8-9-26-14-19(25,13-23)12-22-6-4-5-7-22/h11,15,25H,4-10,12-14H2,1-3H3. The average Bonchev–Trinajstić information content (AvgIpc) is 3.13. The van der Waals surface area contributed by atoms with Crippen LogP contribution >= 0.6 is 0 Å². The molecular formula is C19H32N4O3. The molecule has 0 bridgehead atoms. The van der Waals surface area contributed by atoms with Gasteiger partial charge < -0.3 is 19.6 Å². The molecular weight excluding hydrogens is 332 g/mol. The van der Waals surface area contributed by atoms with Crippen LogP contribution in [-0.4, -0.2) is 82.1 Å².